The van der Waals surface area contributed by atoms with Crippen molar-refractivity contribution in [3.05, 3.63) is 0 Å². The zero-order valence-electron chi connectivity index (χ0n) is 11.1. The lowest BCUT2D eigenvalue weighted by Gasteiger charge is -2.24. The smallest absolute Gasteiger partial charge is 0.237 e. The van der Waals surface area contributed by atoms with E-state index in [-0.39, 0.29) is 23.6 Å². The van der Waals surface area contributed by atoms with Gasteiger partial charge in [0.05, 0.1) is 12.1 Å². The van der Waals surface area contributed by atoms with Crippen LogP contribution in [0.15, 0.2) is 0 Å². The summed E-state index contributed by atoms with van der Waals surface area (Å²) in [6, 6.07) is -0.272. The van der Waals surface area contributed by atoms with Gasteiger partial charge in [0.1, 0.15) is 0 Å². The highest BCUT2D eigenvalue weighted by atomic mass is 16.3. The highest BCUT2D eigenvalue weighted by Gasteiger charge is 2.19. The second-order valence-corrected chi connectivity index (χ2v) is 5.31. The lowest BCUT2D eigenvalue weighted by molar-refractivity contribution is -0.124. The van der Waals surface area contributed by atoms with Crippen molar-refractivity contribution in [3.63, 3.8) is 0 Å². The molecule has 0 aromatic rings. The Bertz CT molecular complexity index is 212. The van der Waals surface area contributed by atoms with Crippen molar-refractivity contribution in [1.82, 2.24) is 10.6 Å². The molecule has 0 bridgehead atoms. The Morgan fingerprint density at radius 1 is 1.38 bits per heavy atom. The van der Waals surface area contributed by atoms with Gasteiger partial charge in [-0.05, 0) is 34.1 Å². The van der Waals surface area contributed by atoms with Crippen LogP contribution >= 0.6 is 0 Å². The fraction of sp³-hybridized carbons (Fsp3) is 0.917. The van der Waals surface area contributed by atoms with Crippen LogP contribution in [-0.4, -0.2) is 35.2 Å². The molecule has 0 saturated heterocycles. The molecule has 0 aromatic heterocycles. The van der Waals surface area contributed by atoms with Crippen molar-refractivity contribution in [2.75, 3.05) is 6.54 Å². The second-order valence-electron chi connectivity index (χ2n) is 5.31. The highest BCUT2D eigenvalue weighted by molar-refractivity contribution is 5.81. The number of carbonyl (C=O) groups excluding carboxylic acids is 1. The molecule has 0 rings (SSSR count). The number of hydrogen-bond acceptors (Lipinski definition) is 3. The topological polar surface area (TPSA) is 61.4 Å². The van der Waals surface area contributed by atoms with Crippen LogP contribution in [0.4, 0.5) is 0 Å². The molecule has 16 heavy (non-hydrogen) atoms. The molecular weight excluding hydrogens is 204 g/mol. The minimum absolute atomic E-state index is 0.0313. The summed E-state index contributed by atoms with van der Waals surface area (Å²) in [5.74, 6) is -0.0313. The van der Waals surface area contributed by atoms with Gasteiger partial charge < -0.3 is 15.7 Å². The molecule has 96 valence electrons. The number of aliphatic hydroxyl groups is 1. The molecule has 0 aliphatic rings. The van der Waals surface area contributed by atoms with Gasteiger partial charge in [0, 0.05) is 12.1 Å². The van der Waals surface area contributed by atoms with Crippen LogP contribution in [0.2, 0.25) is 0 Å². The standard InChI is InChI=1S/C12H26N2O2/c1-6-7-10(15)8-13-9(2)11(16)14-12(3,4)5/h9-10,13,15H,6-8H2,1-5H3,(H,14,16). The van der Waals surface area contributed by atoms with Crippen molar-refractivity contribution in [2.24, 2.45) is 0 Å². The second kappa shape index (κ2) is 6.86. The normalized spacial score (nSPS) is 15.6. The SMILES string of the molecule is CCCC(O)CNC(C)C(=O)NC(C)(C)C. The molecule has 4 nitrogen and oxygen atoms in total. The zero-order chi connectivity index (χ0) is 12.8. The summed E-state index contributed by atoms with van der Waals surface area (Å²) in [5.41, 5.74) is -0.213. The van der Waals surface area contributed by atoms with E-state index < -0.39 is 0 Å². The Hall–Kier alpha value is -0.610. The van der Waals surface area contributed by atoms with Crippen LogP contribution in [0, 0.1) is 0 Å². The van der Waals surface area contributed by atoms with Crippen LogP contribution in [0.5, 0.6) is 0 Å². The summed E-state index contributed by atoms with van der Waals surface area (Å²) in [5, 5.41) is 15.4. The largest absolute Gasteiger partial charge is 0.392 e. The number of nitrogens with one attached hydrogen (secondary N) is 2. The van der Waals surface area contributed by atoms with E-state index in [1.54, 1.807) is 6.92 Å². The van der Waals surface area contributed by atoms with Crippen LogP contribution in [0.25, 0.3) is 0 Å². The maximum absolute atomic E-state index is 11.7. The Kier molecular flexibility index (Phi) is 6.60. The molecular formula is C12H26N2O2. The highest BCUT2D eigenvalue weighted by Crippen LogP contribution is 2.00. The molecule has 3 N–H and O–H groups in total. The number of hydrogen-bond donors (Lipinski definition) is 3. The van der Waals surface area contributed by atoms with Crippen LogP contribution in [0.3, 0.4) is 0 Å². The summed E-state index contributed by atoms with van der Waals surface area (Å²) in [4.78, 5) is 11.7. The van der Waals surface area contributed by atoms with Crippen LogP contribution in [0.1, 0.15) is 47.5 Å². The number of amides is 1. The zero-order valence-corrected chi connectivity index (χ0v) is 11.1. The summed E-state index contributed by atoms with van der Waals surface area (Å²) in [6.07, 6.45) is 1.35. The molecule has 0 fully saturated rings. The first-order valence-electron chi connectivity index (χ1n) is 5.99. The van der Waals surface area contributed by atoms with Gasteiger partial charge in [-0.2, -0.15) is 0 Å². The number of aliphatic hydroxyl groups excluding tert-OH is 1. The summed E-state index contributed by atoms with van der Waals surface area (Å²) in [6.45, 7) is 10.1. The minimum atomic E-state index is -0.366. The van der Waals surface area contributed by atoms with Gasteiger partial charge in [-0.3, -0.25) is 4.79 Å². The molecule has 1 amide bonds. The lowest BCUT2D eigenvalue weighted by Crippen LogP contribution is -2.50. The molecule has 0 aliphatic heterocycles. The molecule has 2 atom stereocenters. The van der Waals surface area contributed by atoms with Gasteiger partial charge in [-0.25, -0.2) is 0 Å². The van der Waals surface area contributed by atoms with Gasteiger partial charge in [-0.15, -0.1) is 0 Å². The Labute approximate surface area is 98.8 Å². The Morgan fingerprint density at radius 3 is 2.38 bits per heavy atom. The predicted molar refractivity (Wildman–Crippen MR) is 66.3 cm³/mol. The monoisotopic (exact) mass is 230 g/mol. The van der Waals surface area contributed by atoms with E-state index in [1.807, 2.05) is 27.7 Å². The average molecular weight is 230 g/mol. The van der Waals surface area contributed by atoms with Gasteiger partial charge in [0.2, 0.25) is 5.91 Å². The van der Waals surface area contributed by atoms with E-state index >= 15 is 0 Å². The van der Waals surface area contributed by atoms with E-state index in [2.05, 4.69) is 10.6 Å². The average Bonchev–Trinajstić information content (AvgIpc) is 2.11. The van der Waals surface area contributed by atoms with Crippen molar-refractivity contribution < 1.29 is 9.90 Å². The van der Waals surface area contributed by atoms with E-state index in [1.165, 1.54) is 0 Å². The summed E-state index contributed by atoms with van der Waals surface area (Å²) >= 11 is 0. The molecule has 0 aromatic carbocycles. The lowest BCUT2D eigenvalue weighted by atomic mass is 10.1. The minimum Gasteiger partial charge on any atom is -0.392 e. The molecule has 0 spiro atoms. The molecule has 2 unspecified atom stereocenters. The van der Waals surface area contributed by atoms with Gasteiger partial charge >= 0.3 is 0 Å². The molecule has 0 heterocycles. The van der Waals surface area contributed by atoms with E-state index in [9.17, 15) is 9.90 Å². The van der Waals surface area contributed by atoms with E-state index in [4.69, 9.17) is 0 Å². The third kappa shape index (κ3) is 7.65. The fourth-order valence-electron chi connectivity index (χ4n) is 1.32. The summed E-state index contributed by atoms with van der Waals surface area (Å²) < 4.78 is 0. The van der Waals surface area contributed by atoms with Gasteiger partial charge in [-0.1, -0.05) is 13.3 Å². The predicted octanol–water partition coefficient (Wildman–Crippen LogP) is 1.04. The van der Waals surface area contributed by atoms with Crippen LogP contribution in [-0.2, 0) is 4.79 Å². The maximum Gasteiger partial charge on any atom is 0.237 e. The number of carbonyl (C=O) groups is 1. The molecule has 0 saturated carbocycles. The van der Waals surface area contributed by atoms with Crippen molar-refractivity contribution in [1.29, 1.82) is 0 Å². The van der Waals surface area contributed by atoms with E-state index in [0.29, 0.717) is 6.54 Å². The first-order chi connectivity index (χ1) is 7.26. The third-order valence-electron chi connectivity index (χ3n) is 2.17. The third-order valence-corrected chi connectivity index (χ3v) is 2.17. The van der Waals surface area contributed by atoms with Crippen molar-refractivity contribution in [3.8, 4) is 0 Å². The Morgan fingerprint density at radius 2 is 1.94 bits per heavy atom. The van der Waals surface area contributed by atoms with E-state index in [0.717, 1.165) is 12.8 Å². The fourth-order valence-corrected chi connectivity index (χ4v) is 1.32. The molecule has 0 aliphatic carbocycles. The molecule has 4 heteroatoms. The number of rotatable bonds is 6. The first kappa shape index (κ1) is 15.4. The van der Waals surface area contributed by atoms with Crippen molar-refractivity contribution in [2.45, 2.75) is 65.1 Å². The first-order valence-corrected chi connectivity index (χ1v) is 5.99. The van der Waals surface area contributed by atoms with Gasteiger partial charge in [0.25, 0.3) is 0 Å². The van der Waals surface area contributed by atoms with Crippen LogP contribution < -0.4 is 10.6 Å². The van der Waals surface area contributed by atoms with Crippen molar-refractivity contribution >= 4 is 5.91 Å². The van der Waals surface area contributed by atoms with Gasteiger partial charge in [0.15, 0.2) is 0 Å². The molecule has 0 radical (unpaired) electrons. The summed E-state index contributed by atoms with van der Waals surface area (Å²) in [7, 11) is 0. The quantitative estimate of drug-likeness (QED) is 0.639. The Balaban J connectivity index is 3.88. The maximum atomic E-state index is 11.7.